The minimum atomic E-state index is -0.317. The maximum Gasteiger partial charge on any atom is 0.288 e. The summed E-state index contributed by atoms with van der Waals surface area (Å²) in [5, 5.41) is 17.3. The molecule has 1 aliphatic rings. The maximum atomic E-state index is 12.7. The second kappa shape index (κ2) is 9.32. The molecule has 3 N–H and O–H groups in total. The van der Waals surface area contributed by atoms with E-state index in [0.29, 0.717) is 29.4 Å². The second-order valence-corrected chi connectivity index (χ2v) is 8.50. The smallest absolute Gasteiger partial charge is 0.288 e. The van der Waals surface area contributed by atoms with E-state index in [1.165, 1.54) is 0 Å². The van der Waals surface area contributed by atoms with Crippen LogP contribution in [0.15, 0.2) is 47.8 Å². The zero-order valence-corrected chi connectivity index (χ0v) is 19.2. The number of carbonyl (C=O) groups is 1. The largest absolute Gasteiger partial charge is 0.353 e. The van der Waals surface area contributed by atoms with Crippen molar-refractivity contribution in [1.29, 1.82) is 0 Å². The lowest BCUT2D eigenvalue weighted by atomic mass is 10.0. The topological polar surface area (TPSA) is 108 Å². The van der Waals surface area contributed by atoms with Crippen LogP contribution in [0.1, 0.15) is 41.4 Å². The summed E-state index contributed by atoms with van der Waals surface area (Å²) in [5.74, 6) is 1.14. The van der Waals surface area contributed by atoms with Gasteiger partial charge in [0.15, 0.2) is 11.6 Å². The first kappa shape index (κ1) is 22.3. The number of H-pyrrole nitrogens is 1. The zero-order valence-electron chi connectivity index (χ0n) is 19.2. The van der Waals surface area contributed by atoms with Crippen LogP contribution in [0.25, 0.3) is 5.57 Å². The molecule has 33 heavy (non-hydrogen) atoms. The first-order chi connectivity index (χ1) is 15.8. The third-order valence-corrected chi connectivity index (χ3v) is 5.89. The molecule has 1 aliphatic heterocycles. The number of nitrogens with zero attached hydrogens (tertiary/aromatic N) is 4. The molecule has 2 aromatic heterocycles. The van der Waals surface area contributed by atoms with E-state index in [1.807, 2.05) is 51.2 Å². The van der Waals surface area contributed by atoms with Crippen LogP contribution in [0.3, 0.4) is 0 Å². The van der Waals surface area contributed by atoms with Crippen molar-refractivity contribution in [3.8, 4) is 0 Å². The first-order valence-corrected chi connectivity index (χ1v) is 11.0. The molecule has 3 heterocycles. The average molecular weight is 448 g/mol. The summed E-state index contributed by atoms with van der Waals surface area (Å²) in [7, 11) is 1.85. The summed E-state index contributed by atoms with van der Waals surface area (Å²) in [4.78, 5) is 27.1. The van der Waals surface area contributed by atoms with E-state index in [4.69, 9.17) is 0 Å². The fourth-order valence-corrected chi connectivity index (χ4v) is 3.89. The van der Waals surface area contributed by atoms with Gasteiger partial charge in [0.05, 0.1) is 0 Å². The second-order valence-electron chi connectivity index (χ2n) is 8.50. The predicted octanol–water partition coefficient (Wildman–Crippen LogP) is 2.99. The average Bonchev–Trinajstić information content (AvgIpc) is 3.12. The van der Waals surface area contributed by atoms with Gasteiger partial charge < -0.3 is 15.5 Å². The van der Waals surface area contributed by atoms with Gasteiger partial charge in [-0.25, -0.2) is 5.10 Å². The van der Waals surface area contributed by atoms with Crippen molar-refractivity contribution in [1.82, 2.24) is 25.3 Å². The van der Waals surface area contributed by atoms with Gasteiger partial charge in [-0.05, 0) is 44.4 Å². The third-order valence-electron chi connectivity index (χ3n) is 5.89. The lowest BCUT2D eigenvalue weighted by Crippen LogP contribution is -2.48. The summed E-state index contributed by atoms with van der Waals surface area (Å²) in [5.41, 5.74) is 3.64. The molecule has 0 spiro atoms. The molecule has 172 valence electrons. The van der Waals surface area contributed by atoms with Crippen molar-refractivity contribution in [2.24, 2.45) is 7.05 Å². The van der Waals surface area contributed by atoms with Gasteiger partial charge in [-0.1, -0.05) is 24.3 Å². The van der Waals surface area contributed by atoms with Crippen LogP contribution in [-0.2, 0) is 7.05 Å². The highest BCUT2D eigenvalue weighted by molar-refractivity contribution is 5.94. The number of amides is 1. The number of allylic oxidation sites excluding steroid dienone is 1. The molecular formula is C24H29N7O2. The molecule has 0 radical (unpaired) electrons. The standard InChI is InChI=1S/C24H29N7O2/c1-15(2)17-7-9-18(10-8-17)23(32)25-19-6-5-11-31(14-19)22-13-20(24(33)28-27-22)26-21-12-16(3)30(4)29-21/h7-10,12-13,19H,1,5-6,11,14H2,2-4H3,(H,25,32)(H,28,33)(H,26,27,29). The van der Waals surface area contributed by atoms with Crippen LogP contribution >= 0.6 is 0 Å². The number of hydrogen-bond donors (Lipinski definition) is 3. The number of rotatable bonds is 6. The van der Waals surface area contributed by atoms with Gasteiger partial charge in [0.2, 0.25) is 0 Å². The Morgan fingerprint density at radius 2 is 1.94 bits per heavy atom. The van der Waals surface area contributed by atoms with E-state index in [9.17, 15) is 9.59 Å². The van der Waals surface area contributed by atoms with Gasteiger partial charge in [-0.2, -0.15) is 10.2 Å². The van der Waals surface area contributed by atoms with E-state index >= 15 is 0 Å². The Balaban J connectivity index is 1.44. The fraction of sp³-hybridized carbons (Fsp3) is 0.333. The lowest BCUT2D eigenvalue weighted by molar-refractivity contribution is 0.0933. The van der Waals surface area contributed by atoms with E-state index in [1.54, 1.807) is 10.7 Å². The molecule has 1 saturated heterocycles. The number of carbonyl (C=O) groups excluding carboxylic acids is 1. The van der Waals surface area contributed by atoms with Crippen LogP contribution in [0, 0.1) is 6.92 Å². The number of piperidine rings is 1. The molecular weight excluding hydrogens is 418 g/mol. The lowest BCUT2D eigenvalue weighted by Gasteiger charge is -2.33. The van der Waals surface area contributed by atoms with E-state index in [2.05, 4.69) is 37.4 Å². The monoisotopic (exact) mass is 447 g/mol. The third kappa shape index (κ3) is 5.14. The summed E-state index contributed by atoms with van der Waals surface area (Å²) in [6, 6.07) is 11.0. The number of nitrogens with one attached hydrogen (secondary N) is 3. The highest BCUT2D eigenvalue weighted by atomic mass is 16.1. The number of aromatic nitrogens is 4. The van der Waals surface area contributed by atoms with Crippen molar-refractivity contribution in [2.75, 3.05) is 23.3 Å². The molecule has 9 heteroatoms. The van der Waals surface area contributed by atoms with Crippen molar-refractivity contribution < 1.29 is 4.79 Å². The molecule has 4 rings (SSSR count). The number of anilines is 3. The Labute approximate surface area is 192 Å². The summed E-state index contributed by atoms with van der Waals surface area (Å²) >= 11 is 0. The summed E-state index contributed by atoms with van der Waals surface area (Å²) in [6.07, 6.45) is 1.79. The molecule has 3 aromatic rings. The highest BCUT2D eigenvalue weighted by Gasteiger charge is 2.23. The quantitative estimate of drug-likeness (QED) is 0.536. The number of benzene rings is 1. The Morgan fingerprint density at radius 3 is 2.61 bits per heavy atom. The summed E-state index contributed by atoms with van der Waals surface area (Å²) < 4.78 is 1.74. The van der Waals surface area contributed by atoms with E-state index < -0.39 is 0 Å². The zero-order chi connectivity index (χ0) is 23.5. The van der Waals surface area contributed by atoms with Crippen molar-refractivity contribution in [2.45, 2.75) is 32.7 Å². The summed E-state index contributed by atoms with van der Waals surface area (Å²) in [6.45, 7) is 9.21. The minimum absolute atomic E-state index is 0.0179. The molecule has 0 aliphatic carbocycles. The van der Waals surface area contributed by atoms with E-state index in [0.717, 1.165) is 36.2 Å². The van der Waals surface area contributed by atoms with Gasteiger partial charge in [0.1, 0.15) is 5.69 Å². The molecule has 1 atom stereocenters. The van der Waals surface area contributed by atoms with Crippen LogP contribution in [-0.4, -0.2) is 45.0 Å². The van der Waals surface area contributed by atoms with Crippen LogP contribution in [0.5, 0.6) is 0 Å². The van der Waals surface area contributed by atoms with Gasteiger partial charge in [0, 0.05) is 49.6 Å². The van der Waals surface area contributed by atoms with Gasteiger partial charge in [0.25, 0.3) is 11.5 Å². The normalized spacial score (nSPS) is 15.8. The van der Waals surface area contributed by atoms with Gasteiger partial charge in [-0.3, -0.25) is 14.3 Å². The Hall–Kier alpha value is -3.88. The first-order valence-electron chi connectivity index (χ1n) is 11.0. The molecule has 0 bridgehead atoms. The van der Waals surface area contributed by atoms with E-state index in [-0.39, 0.29) is 17.5 Å². The number of hydrogen-bond acceptors (Lipinski definition) is 6. The number of aromatic amines is 1. The molecule has 1 fully saturated rings. The Kier molecular flexibility index (Phi) is 6.30. The minimum Gasteiger partial charge on any atom is -0.353 e. The maximum absolute atomic E-state index is 12.7. The van der Waals surface area contributed by atoms with Crippen LogP contribution in [0.2, 0.25) is 0 Å². The molecule has 1 aromatic carbocycles. The molecule has 1 amide bonds. The molecule has 9 nitrogen and oxygen atoms in total. The van der Waals surface area contributed by atoms with Crippen molar-refractivity contribution in [3.05, 3.63) is 70.2 Å². The fourth-order valence-electron chi connectivity index (χ4n) is 3.89. The van der Waals surface area contributed by atoms with Crippen LogP contribution in [0.4, 0.5) is 17.3 Å². The molecule has 1 unspecified atom stereocenters. The predicted molar refractivity (Wildman–Crippen MR) is 130 cm³/mol. The SMILES string of the molecule is C=C(C)c1ccc(C(=O)NC2CCCN(c3cc(Nc4cc(C)n(C)n4)c(=O)[nH]n3)C2)cc1. The number of aryl methyl sites for hydroxylation is 2. The highest BCUT2D eigenvalue weighted by Crippen LogP contribution is 2.21. The molecule has 0 saturated carbocycles. The van der Waals surface area contributed by atoms with Crippen LogP contribution < -0.4 is 21.1 Å². The Morgan fingerprint density at radius 1 is 1.21 bits per heavy atom. The van der Waals surface area contributed by atoms with Gasteiger partial charge in [-0.15, -0.1) is 0 Å². The Bertz CT molecular complexity index is 1210. The van der Waals surface area contributed by atoms with Gasteiger partial charge >= 0.3 is 0 Å². The van der Waals surface area contributed by atoms with Crippen molar-refractivity contribution >= 4 is 28.8 Å². The van der Waals surface area contributed by atoms with Crippen molar-refractivity contribution in [3.63, 3.8) is 0 Å².